The van der Waals surface area contributed by atoms with Gasteiger partial charge in [-0.15, -0.1) is 11.3 Å². The zero-order valence-corrected chi connectivity index (χ0v) is 18.6. The Morgan fingerprint density at radius 1 is 1.19 bits per heavy atom. The number of anilines is 1. The molecule has 6 nitrogen and oxygen atoms in total. The number of ether oxygens (including phenoxy) is 1. The molecule has 0 aliphatic heterocycles. The maximum Gasteiger partial charge on any atom is 0.257 e. The Morgan fingerprint density at radius 3 is 2.74 bits per heavy atom. The van der Waals surface area contributed by atoms with Crippen LogP contribution < -0.4 is 15.4 Å². The first kappa shape index (κ1) is 21.3. The largest absolute Gasteiger partial charge is 0.496 e. The summed E-state index contributed by atoms with van der Waals surface area (Å²) in [6.07, 6.45) is 2.51. The number of rotatable bonds is 6. The first-order valence-corrected chi connectivity index (χ1v) is 11.2. The molecule has 3 aromatic rings. The summed E-state index contributed by atoms with van der Waals surface area (Å²) in [6, 6.07) is 14.3. The van der Waals surface area contributed by atoms with Crippen molar-refractivity contribution in [2.75, 3.05) is 12.4 Å². The summed E-state index contributed by atoms with van der Waals surface area (Å²) < 4.78 is 5.35. The lowest BCUT2D eigenvalue weighted by Gasteiger charge is -2.20. The van der Waals surface area contributed by atoms with Crippen LogP contribution in [0.1, 0.15) is 45.3 Å². The van der Waals surface area contributed by atoms with Gasteiger partial charge >= 0.3 is 0 Å². The van der Waals surface area contributed by atoms with Gasteiger partial charge in [-0.2, -0.15) is 0 Å². The number of halogens is 1. The highest BCUT2D eigenvalue weighted by atomic mass is 35.5. The average Bonchev–Trinajstić information content (AvgIpc) is 3.20. The van der Waals surface area contributed by atoms with Crippen LogP contribution in [0.5, 0.6) is 5.75 Å². The van der Waals surface area contributed by atoms with Crippen molar-refractivity contribution in [1.82, 2.24) is 10.3 Å². The summed E-state index contributed by atoms with van der Waals surface area (Å²) in [5.41, 5.74) is 2.19. The Hall–Kier alpha value is -2.90. The number of hydrogen-bond donors (Lipinski definition) is 2. The quantitative estimate of drug-likeness (QED) is 0.559. The van der Waals surface area contributed by atoms with Crippen LogP contribution in [0.4, 0.5) is 5.13 Å². The monoisotopic (exact) mass is 455 g/mol. The van der Waals surface area contributed by atoms with Crippen molar-refractivity contribution in [3.63, 3.8) is 0 Å². The van der Waals surface area contributed by atoms with Gasteiger partial charge < -0.3 is 10.1 Å². The zero-order valence-electron chi connectivity index (χ0n) is 17.0. The van der Waals surface area contributed by atoms with E-state index >= 15 is 0 Å². The summed E-state index contributed by atoms with van der Waals surface area (Å²) in [7, 11) is 1.61. The molecule has 1 aromatic heterocycles. The SMILES string of the molecule is COc1ccccc1CNC(=O)C1CCCc2sc(NC(=O)c3ccc(Cl)cc3)nc21. The molecule has 1 heterocycles. The number of hydrogen-bond acceptors (Lipinski definition) is 5. The van der Waals surface area contributed by atoms with Gasteiger partial charge in [-0.1, -0.05) is 29.8 Å². The van der Waals surface area contributed by atoms with Gasteiger partial charge in [0.25, 0.3) is 5.91 Å². The second-order valence-electron chi connectivity index (χ2n) is 7.26. The van der Waals surface area contributed by atoms with Gasteiger partial charge in [-0.25, -0.2) is 4.98 Å². The maximum atomic E-state index is 12.9. The molecule has 0 fully saturated rings. The normalized spacial score (nSPS) is 15.1. The van der Waals surface area contributed by atoms with E-state index in [1.54, 1.807) is 31.4 Å². The highest BCUT2D eigenvalue weighted by Gasteiger charge is 2.30. The van der Waals surface area contributed by atoms with Crippen LogP contribution in [0.15, 0.2) is 48.5 Å². The molecular weight excluding hydrogens is 434 g/mol. The van der Waals surface area contributed by atoms with Gasteiger partial charge in [0.15, 0.2) is 5.13 Å². The van der Waals surface area contributed by atoms with Gasteiger partial charge in [0.05, 0.1) is 18.7 Å². The van der Waals surface area contributed by atoms with Crippen molar-refractivity contribution in [3.05, 3.63) is 75.3 Å². The number of thiazole rings is 1. The van der Waals surface area contributed by atoms with Gasteiger partial charge in [0.1, 0.15) is 5.75 Å². The lowest BCUT2D eigenvalue weighted by molar-refractivity contribution is -0.123. The predicted molar refractivity (Wildman–Crippen MR) is 122 cm³/mol. The fourth-order valence-electron chi connectivity index (χ4n) is 3.65. The van der Waals surface area contributed by atoms with Crippen LogP contribution >= 0.6 is 22.9 Å². The predicted octanol–water partition coefficient (Wildman–Crippen LogP) is 4.79. The van der Waals surface area contributed by atoms with Crippen molar-refractivity contribution < 1.29 is 14.3 Å². The summed E-state index contributed by atoms with van der Waals surface area (Å²) in [4.78, 5) is 31.1. The van der Waals surface area contributed by atoms with Crippen LogP contribution in [-0.4, -0.2) is 23.9 Å². The lowest BCUT2D eigenvalue weighted by Crippen LogP contribution is -2.31. The van der Waals surface area contributed by atoms with E-state index in [4.69, 9.17) is 16.3 Å². The number of benzene rings is 2. The fourth-order valence-corrected chi connectivity index (χ4v) is 4.84. The molecule has 0 saturated heterocycles. The molecule has 8 heteroatoms. The number of methoxy groups -OCH3 is 1. The molecule has 0 radical (unpaired) electrons. The number of carbonyl (C=O) groups is 2. The van der Waals surface area contributed by atoms with Crippen LogP contribution in [0.2, 0.25) is 5.02 Å². The Kier molecular flexibility index (Phi) is 6.53. The number of nitrogens with zero attached hydrogens (tertiary/aromatic N) is 1. The molecule has 1 atom stereocenters. The number of para-hydroxylation sites is 1. The van der Waals surface area contributed by atoms with E-state index < -0.39 is 0 Å². The first-order valence-electron chi connectivity index (χ1n) is 10.0. The molecular formula is C23H22ClN3O3S. The van der Waals surface area contributed by atoms with Crippen molar-refractivity contribution >= 4 is 39.9 Å². The molecule has 0 bridgehead atoms. The van der Waals surface area contributed by atoms with Crippen molar-refractivity contribution in [2.24, 2.45) is 0 Å². The third-order valence-corrected chi connectivity index (χ3v) is 6.54. The van der Waals surface area contributed by atoms with Crippen LogP contribution in [0.25, 0.3) is 0 Å². The molecule has 1 aliphatic carbocycles. The number of carbonyl (C=O) groups excluding carboxylic acids is 2. The van der Waals surface area contributed by atoms with E-state index in [1.807, 2.05) is 24.3 Å². The Balaban J connectivity index is 1.45. The summed E-state index contributed by atoms with van der Waals surface area (Å²) >= 11 is 7.32. The van der Waals surface area contributed by atoms with Gasteiger partial charge in [-0.05, 0) is 49.6 Å². The minimum atomic E-state index is -0.323. The van der Waals surface area contributed by atoms with E-state index in [1.165, 1.54) is 11.3 Å². The zero-order chi connectivity index (χ0) is 21.8. The van der Waals surface area contributed by atoms with E-state index in [2.05, 4.69) is 15.6 Å². The van der Waals surface area contributed by atoms with Crippen LogP contribution in [0, 0.1) is 0 Å². The Labute approximate surface area is 189 Å². The topological polar surface area (TPSA) is 80.3 Å². The molecule has 1 unspecified atom stereocenters. The standard InChI is InChI=1S/C23H22ClN3O3S/c1-30-18-7-3-2-5-15(18)13-25-22(29)17-6-4-8-19-20(17)26-23(31-19)27-21(28)14-9-11-16(24)12-10-14/h2-3,5,7,9-12,17H,4,6,8,13H2,1H3,(H,25,29)(H,26,27,28). The number of fused-ring (bicyclic) bond motifs is 1. The second kappa shape index (κ2) is 9.49. The molecule has 4 rings (SSSR count). The lowest BCUT2D eigenvalue weighted by atomic mass is 9.90. The first-order chi connectivity index (χ1) is 15.0. The minimum Gasteiger partial charge on any atom is -0.496 e. The third-order valence-electron chi connectivity index (χ3n) is 5.24. The van der Waals surface area contributed by atoms with Gasteiger partial charge in [0.2, 0.25) is 5.91 Å². The van der Waals surface area contributed by atoms with Gasteiger partial charge in [0, 0.05) is 27.6 Å². The molecule has 0 saturated carbocycles. The molecule has 0 spiro atoms. The van der Waals surface area contributed by atoms with E-state index in [0.29, 0.717) is 22.3 Å². The van der Waals surface area contributed by atoms with E-state index in [0.717, 1.165) is 41.1 Å². The average molecular weight is 456 g/mol. The summed E-state index contributed by atoms with van der Waals surface area (Å²) in [5.74, 6) is 0.108. The molecule has 2 N–H and O–H groups in total. The fraction of sp³-hybridized carbons (Fsp3) is 0.261. The van der Waals surface area contributed by atoms with E-state index in [-0.39, 0.29) is 17.7 Å². The summed E-state index contributed by atoms with van der Waals surface area (Å²) in [6.45, 7) is 0.388. The minimum absolute atomic E-state index is 0.0623. The van der Waals surface area contributed by atoms with E-state index in [9.17, 15) is 9.59 Å². The van der Waals surface area contributed by atoms with Gasteiger partial charge in [-0.3, -0.25) is 14.9 Å². The summed E-state index contributed by atoms with van der Waals surface area (Å²) in [5, 5.41) is 6.94. The molecule has 2 aromatic carbocycles. The maximum absolute atomic E-state index is 12.9. The highest BCUT2D eigenvalue weighted by Crippen LogP contribution is 2.37. The third kappa shape index (κ3) is 4.89. The van der Waals surface area contributed by atoms with Crippen molar-refractivity contribution in [3.8, 4) is 5.75 Å². The number of aromatic nitrogens is 1. The number of amides is 2. The van der Waals surface area contributed by atoms with Crippen molar-refractivity contribution in [1.29, 1.82) is 0 Å². The molecule has 160 valence electrons. The second-order valence-corrected chi connectivity index (χ2v) is 8.78. The smallest absolute Gasteiger partial charge is 0.257 e. The highest BCUT2D eigenvalue weighted by molar-refractivity contribution is 7.16. The number of nitrogens with one attached hydrogen (secondary N) is 2. The van der Waals surface area contributed by atoms with Crippen LogP contribution in [-0.2, 0) is 17.8 Å². The number of aryl methyl sites for hydroxylation is 1. The van der Waals surface area contributed by atoms with Crippen LogP contribution in [0.3, 0.4) is 0 Å². The Morgan fingerprint density at radius 2 is 1.97 bits per heavy atom. The molecule has 31 heavy (non-hydrogen) atoms. The Bertz CT molecular complexity index is 1100. The molecule has 2 amide bonds. The molecule has 1 aliphatic rings. The van der Waals surface area contributed by atoms with Crippen molar-refractivity contribution in [2.45, 2.75) is 31.7 Å².